The molecule has 1 aliphatic rings. The molecular formula is C23H30ClN7O5S. The summed E-state index contributed by atoms with van der Waals surface area (Å²) in [5, 5.41) is 8.10. The van der Waals surface area contributed by atoms with Gasteiger partial charge >= 0.3 is 0 Å². The fourth-order valence-corrected chi connectivity index (χ4v) is 6.07. The zero-order chi connectivity index (χ0) is 27.0. The summed E-state index contributed by atoms with van der Waals surface area (Å²) in [4.78, 5) is 16.7. The molecular weight excluding hydrogens is 522 g/mol. The van der Waals surface area contributed by atoms with Crippen LogP contribution in [0.15, 0.2) is 18.7 Å². The predicted molar refractivity (Wildman–Crippen MR) is 135 cm³/mol. The molecule has 3 aromatic heterocycles. The summed E-state index contributed by atoms with van der Waals surface area (Å²) in [7, 11) is 0.479. The lowest BCUT2D eigenvalue weighted by Crippen LogP contribution is -2.35. The Balaban J connectivity index is 1.80. The van der Waals surface area contributed by atoms with Gasteiger partial charge in [0.1, 0.15) is 24.0 Å². The largest absolute Gasteiger partial charge is 0.479 e. The second kappa shape index (κ2) is 10.5. The van der Waals surface area contributed by atoms with E-state index < -0.39 is 26.9 Å². The molecule has 1 fully saturated rings. The van der Waals surface area contributed by atoms with Crippen LogP contribution in [0, 0.1) is 5.41 Å². The van der Waals surface area contributed by atoms with E-state index in [1.807, 2.05) is 0 Å². The van der Waals surface area contributed by atoms with E-state index in [1.54, 1.807) is 11.5 Å². The molecule has 0 radical (unpaired) electrons. The predicted octanol–water partition coefficient (Wildman–Crippen LogP) is 3.11. The van der Waals surface area contributed by atoms with Crippen molar-refractivity contribution in [2.75, 3.05) is 21.3 Å². The van der Waals surface area contributed by atoms with Crippen molar-refractivity contribution in [3.8, 4) is 17.4 Å². The van der Waals surface area contributed by atoms with E-state index in [9.17, 15) is 8.42 Å². The van der Waals surface area contributed by atoms with Crippen molar-refractivity contribution in [1.29, 1.82) is 0 Å². The number of rotatable bonds is 10. The highest BCUT2D eigenvalue weighted by molar-refractivity contribution is 7.91. The van der Waals surface area contributed by atoms with Crippen LogP contribution in [0.4, 0.5) is 0 Å². The Bertz CT molecular complexity index is 1340. The van der Waals surface area contributed by atoms with Crippen molar-refractivity contribution >= 4 is 21.4 Å². The van der Waals surface area contributed by atoms with E-state index in [1.165, 1.54) is 40.1 Å². The molecule has 4 rings (SSSR count). The van der Waals surface area contributed by atoms with Gasteiger partial charge in [-0.1, -0.05) is 25.4 Å². The van der Waals surface area contributed by atoms with Gasteiger partial charge in [-0.3, -0.25) is 4.57 Å². The van der Waals surface area contributed by atoms with Gasteiger partial charge in [-0.2, -0.15) is 9.97 Å². The number of ether oxygens (including phenoxy) is 3. The number of hydrogen-bond donors (Lipinski definition) is 0. The Morgan fingerprint density at radius 3 is 2.19 bits per heavy atom. The average molecular weight is 552 g/mol. The Labute approximate surface area is 220 Å². The second-order valence-electron chi connectivity index (χ2n) is 9.56. The van der Waals surface area contributed by atoms with Crippen LogP contribution in [0.2, 0.25) is 5.02 Å². The molecule has 1 aliphatic carbocycles. The van der Waals surface area contributed by atoms with Crippen LogP contribution >= 0.6 is 11.6 Å². The Kier molecular flexibility index (Phi) is 7.67. The first kappa shape index (κ1) is 27.1. The third-order valence-corrected chi connectivity index (χ3v) is 9.16. The molecule has 3 heterocycles. The molecule has 0 aromatic carbocycles. The normalized spacial score (nSPS) is 18.6. The van der Waals surface area contributed by atoms with E-state index >= 15 is 0 Å². The van der Waals surface area contributed by atoms with Gasteiger partial charge in [0.05, 0.1) is 24.5 Å². The Hall–Kier alpha value is -2.90. The van der Waals surface area contributed by atoms with Crippen LogP contribution in [-0.4, -0.2) is 69.7 Å². The summed E-state index contributed by atoms with van der Waals surface area (Å²) in [6.07, 6.45) is 5.07. The van der Waals surface area contributed by atoms with E-state index in [4.69, 9.17) is 25.8 Å². The van der Waals surface area contributed by atoms with Crippen LogP contribution in [0.25, 0.3) is 5.69 Å². The summed E-state index contributed by atoms with van der Waals surface area (Å²) in [6.45, 7) is 5.83. The number of methoxy groups -OCH3 is 3. The highest BCUT2D eigenvalue weighted by Crippen LogP contribution is 2.52. The van der Waals surface area contributed by atoms with Crippen LogP contribution in [-0.2, 0) is 20.3 Å². The number of halogens is 1. The van der Waals surface area contributed by atoms with Crippen molar-refractivity contribution in [2.45, 2.75) is 56.6 Å². The lowest BCUT2D eigenvalue weighted by Gasteiger charge is -2.43. The van der Waals surface area contributed by atoms with E-state index in [0.29, 0.717) is 16.5 Å². The smallest absolute Gasteiger partial charge is 0.245 e. The molecule has 3 aromatic rings. The minimum Gasteiger partial charge on any atom is -0.479 e. The zero-order valence-electron chi connectivity index (χ0n) is 21.5. The lowest BCUT2D eigenvalue weighted by atomic mass is 9.62. The van der Waals surface area contributed by atoms with Gasteiger partial charge in [0.2, 0.25) is 11.8 Å². The molecule has 3 atom stereocenters. The summed E-state index contributed by atoms with van der Waals surface area (Å²) >= 11 is 5.89. The van der Waals surface area contributed by atoms with Crippen LogP contribution in [0.3, 0.4) is 0 Å². The van der Waals surface area contributed by atoms with Gasteiger partial charge in [-0.05, 0) is 25.2 Å². The Morgan fingerprint density at radius 2 is 1.70 bits per heavy atom. The molecule has 0 saturated heterocycles. The number of hydrogen-bond acceptors (Lipinski definition) is 11. The first-order valence-corrected chi connectivity index (χ1v) is 13.7. The molecule has 37 heavy (non-hydrogen) atoms. The molecule has 0 unspecified atom stereocenters. The first-order chi connectivity index (χ1) is 17.5. The topological polar surface area (TPSA) is 144 Å². The quantitative estimate of drug-likeness (QED) is 0.366. The summed E-state index contributed by atoms with van der Waals surface area (Å²) in [6, 6.07) is 0. The molecule has 0 bridgehead atoms. The van der Waals surface area contributed by atoms with Crippen molar-refractivity contribution < 1.29 is 22.6 Å². The molecule has 12 nitrogen and oxygen atoms in total. The van der Waals surface area contributed by atoms with Crippen molar-refractivity contribution in [1.82, 2.24) is 34.7 Å². The molecule has 1 saturated carbocycles. The minimum atomic E-state index is -3.87. The third-order valence-electron chi connectivity index (χ3n) is 6.92. The fourth-order valence-electron chi connectivity index (χ4n) is 4.55. The van der Waals surface area contributed by atoms with E-state index in [2.05, 4.69) is 44.0 Å². The standard InChI is InChI=1S/C23H30ClN7O5S/c1-13(18(34-4)19-25-9-14(24)10-26-19)37(32,33)11-16-29-30-20(15-7-8-23(15,2)3)31(16)17-21(35-5)27-12-28-22(17)36-6/h9-10,12-13,15,18H,7-8,11H2,1-6H3/t13-,15-,18-/m0/s1. The molecule has 0 aliphatic heterocycles. The summed E-state index contributed by atoms with van der Waals surface area (Å²) in [5.74, 6) is 1.01. The minimum absolute atomic E-state index is 0.0395. The second-order valence-corrected chi connectivity index (χ2v) is 12.4. The van der Waals surface area contributed by atoms with Gasteiger partial charge in [-0.25, -0.2) is 18.4 Å². The van der Waals surface area contributed by atoms with Crippen LogP contribution < -0.4 is 9.47 Å². The van der Waals surface area contributed by atoms with Crippen LogP contribution in [0.5, 0.6) is 11.8 Å². The third kappa shape index (κ3) is 5.12. The van der Waals surface area contributed by atoms with Gasteiger partial charge in [0.15, 0.2) is 27.2 Å². The van der Waals surface area contributed by atoms with E-state index in [-0.39, 0.29) is 34.7 Å². The SMILES string of the molecule is COc1ncnc(OC)c1-n1c(CS(=O)(=O)[C@@H](C)[C@H](OC)c2ncc(Cl)cn2)nnc1[C@@H]1CCC1(C)C. The summed E-state index contributed by atoms with van der Waals surface area (Å²) < 4.78 is 45.5. The maximum atomic E-state index is 13.7. The zero-order valence-corrected chi connectivity index (χ0v) is 23.1. The van der Waals surface area contributed by atoms with Crippen molar-refractivity contribution in [2.24, 2.45) is 5.41 Å². The summed E-state index contributed by atoms with van der Waals surface area (Å²) in [5.41, 5.74) is 0.301. The maximum Gasteiger partial charge on any atom is 0.245 e. The maximum absolute atomic E-state index is 13.7. The van der Waals surface area contributed by atoms with Crippen molar-refractivity contribution in [3.05, 3.63) is 41.2 Å². The highest BCUT2D eigenvalue weighted by Gasteiger charge is 2.44. The molecule has 0 spiro atoms. The number of sulfone groups is 1. The first-order valence-electron chi connectivity index (χ1n) is 11.6. The van der Waals surface area contributed by atoms with Gasteiger partial charge in [0, 0.05) is 25.4 Å². The molecule has 0 amide bonds. The monoisotopic (exact) mass is 551 g/mol. The molecule has 200 valence electrons. The van der Waals surface area contributed by atoms with Crippen LogP contribution in [0.1, 0.15) is 63.1 Å². The average Bonchev–Trinajstić information content (AvgIpc) is 3.25. The Morgan fingerprint density at radius 1 is 1.08 bits per heavy atom. The molecule has 0 N–H and O–H groups in total. The highest BCUT2D eigenvalue weighted by atomic mass is 35.5. The van der Waals surface area contributed by atoms with Crippen molar-refractivity contribution in [3.63, 3.8) is 0 Å². The van der Waals surface area contributed by atoms with Gasteiger partial charge < -0.3 is 14.2 Å². The van der Waals surface area contributed by atoms with Gasteiger partial charge in [0.25, 0.3) is 0 Å². The number of aromatic nitrogens is 7. The molecule has 14 heteroatoms. The number of nitrogens with zero attached hydrogens (tertiary/aromatic N) is 7. The van der Waals surface area contributed by atoms with Gasteiger partial charge in [-0.15, -0.1) is 10.2 Å². The lowest BCUT2D eigenvalue weighted by molar-refractivity contribution is 0.0948. The fraction of sp³-hybridized carbons (Fsp3) is 0.565. The van der Waals surface area contributed by atoms with E-state index in [0.717, 1.165) is 12.8 Å².